The van der Waals surface area contributed by atoms with Crippen molar-refractivity contribution in [3.63, 3.8) is 0 Å². The van der Waals surface area contributed by atoms with Crippen LogP contribution in [-0.2, 0) is 10.0 Å². The summed E-state index contributed by atoms with van der Waals surface area (Å²) < 4.78 is 28.1. The number of benzene rings is 1. The highest BCUT2D eigenvalue weighted by Crippen LogP contribution is 2.45. The number of nitriles is 1. The Morgan fingerprint density at radius 1 is 1.14 bits per heavy atom. The van der Waals surface area contributed by atoms with Crippen molar-refractivity contribution in [2.24, 2.45) is 0 Å². The van der Waals surface area contributed by atoms with Crippen molar-refractivity contribution in [2.75, 3.05) is 22.0 Å². The summed E-state index contributed by atoms with van der Waals surface area (Å²) in [7, 11) is -3.41. The first-order valence-corrected chi connectivity index (χ1v) is 14.9. The summed E-state index contributed by atoms with van der Waals surface area (Å²) in [6.45, 7) is 1.95. The van der Waals surface area contributed by atoms with Crippen LogP contribution in [-0.4, -0.2) is 35.4 Å². The Morgan fingerprint density at radius 2 is 1.97 bits per heavy atom. The summed E-state index contributed by atoms with van der Waals surface area (Å²) in [6.07, 6.45) is 8.44. The average molecular weight is 537 g/mol. The monoisotopic (exact) mass is 536 g/mol. The number of nitrogens with zero attached hydrogens (tertiary/aromatic N) is 4. The molecule has 0 saturated carbocycles. The van der Waals surface area contributed by atoms with Crippen LogP contribution in [0.3, 0.4) is 0 Å². The summed E-state index contributed by atoms with van der Waals surface area (Å²) in [5.41, 5.74) is 4.03. The number of sulfonamides is 1. The third-order valence-corrected chi connectivity index (χ3v) is 8.87. The van der Waals surface area contributed by atoms with Crippen LogP contribution in [0.15, 0.2) is 65.3 Å². The Morgan fingerprint density at radius 3 is 2.69 bits per heavy atom. The lowest BCUT2D eigenvalue weighted by Gasteiger charge is -2.11. The summed E-state index contributed by atoms with van der Waals surface area (Å²) in [6, 6.07) is 14.9. The molecular formula is C25H24N6O2S3. The second kappa shape index (κ2) is 11.5. The molecule has 0 spiro atoms. The van der Waals surface area contributed by atoms with E-state index in [9.17, 15) is 13.7 Å². The third-order valence-electron chi connectivity index (χ3n) is 5.17. The summed E-state index contributed by atoms with van der Waals surface area (Å²) in [5.74, 6) is 0.433. The molecule has 0 aliphatic rings. The molecule has 11 heteroatoms. The van der Waals surface area contributed by atoms with E-state index in [1.165, 1.54) is 23.1 Å². The van der Waals surface area contributed by atoms with Gasteiger partial charge in [0.1, 0.15) is 6.07 Å². The molecule has 0 bridgehead atoms. The van der Waals surface area contributed by atoms with E-state index in [4.69, 9.17) is 4.98 Å². The molecule has 0 atom stereocenters. The molecule has 3 aromatic heterocycles. The van der Waals surface area contributed by atoms with E-state index >= 15 is 0 Å². The van der Waals surface area contributed by atoms with Gasteiger partial charge < -0.3 is 5.32 Å². The van der Waals surface area contributed by atoms with E-state index in [0.29, 0.717) is 35.0 Å². The van der Waals surface area contributed by atoms with Gasteiger partial charge in [-0.25, -0.2) is 18.4 Å². The van der Waals surface area contributed by atoms with Crippen LogP contribution < -0.4 is 10.0 Å². The quantitative estimate of drug-likeness (QED) is 0.232. The molecule has 0 fully saturated rings. The molecular weight excluding hydrogens is 513 g/mol. The first-order valence-electron chi connectivity index (χ1n) is 11.2. The number of hydrogen-bond donors (Lipinski definition) is 2. The van der Waals surface area contributed by atoms with Gasteiger partial charge in [0.05, 0.1) is 31.8 Å². The fraction of sp³-hybridized carbons (Fsp3) is 0.200. The molecule has 3 heterocycles. The molecule has 0 unspecified atom stereocenters. The van der Waals surface area contributed by atoms with Crippen LogP contribution in [0.25, 0.3) is 21.7 Å². The first-order chi connectivity index (χ1) is 17.4. The van der Waals surface area contributed by atoms with Gasteiger partial charge in [-0.2, -0.15) is 5.26 Å². The molecule has 0 saturated heterocycles. The number of hydrogen-bond acceptors (Lipinski definition) is 9. The Bertz CT molecular complexity index is 1500. The smallest absolute Gasteiger partial charge is 0.232 e. The summed E-state index contributed by atoms with van der Waals surface area (Å²) in [4.78, 5) is 14.1. The van der Waals surface area contributed by atoms with E-state index in [2.05, 4.69) is 26.1 Å². The highest BCUT2D eigenvalue weighted by atomic mass is 32.2. The molecule has 4 aromatic rings. The highest BCUT2D eigenvalue weighted by Gasteiger charge is 2.22. The maximum Gasteiger partial charge on any atom is 0.232 e. The molecule has 0 amide bonds. The number of thiophene rings is 1. The second-order valence-corrected chi connectivity index (χ2v) is 11.7. The maximum atomic E-state index is 12.3. The summed E-state index contributed by atoms with van der Waals surface area (Å²) in [5, 5.41) is 13.0. The van der Waals surface area contributed by atoms with Gasteiger partial charge in [0, 0.05) is 35.4 Å². The molecule has 0 radical (unpaired) electrons. The van der Waals surface area contributed by atoms with Gasteiger partial charge >= 0.3 is 0 Å². The lowest BCUT2D eigenvalue weighted by atomic mass is 10.0. The lowest BCUT2D eigenvalue weighted by molar-refractivity contribution is 0.598. The van der Waals surface area contributed by atoms with Gasteiger partial charge in [-0.05, 0) is 43.0 Å². The van der Waals surface area contributed by atoms with Crippen LogP contribution in [0.2, 0.25) is 0 Å². The van der Waals surface area contributed by atoms with Gasteiger partial charge in [-0.3, -0.25) is 9.71 Å². The van der Waals surface area contributed by atoms with Crippen molar-refractivity contribution >= 4 is 50.4 Å². The number of anilines is 3. The van der Waals surface area contributed by atoms with Crippen molar-refractivity contribution in [3.05, 3.63) is 66.6 Å². The van der Waals surface area contributed by atoms with Crippen LogP contribution in [0.4, 0.5) is 17.3 Å². The van der Waals surface area contributed by atoms with E-state index in [-0.39, 0.29) is 5.75 Å². The van der Waals surface area contributed by atoms with E-state index in [1.54, 1.807) is 42.9 Å². The predicted molar refractivity (Wildman–Crippen MR) is 147 cm³/mol. The molecule has 0 aliphatic heterocycles. The minimum Gasteiger partial charge on any atom is -0.324 e. The van der Waals surface area contributed by atoms with Gasteiger partial charge in [-0.15, -0.1) is 23.1 Å². The van der Waals surface area contributed by atoms with Crippen LogP contribution in [0, 0.1) is 11.3 Å². The molecule has 184 valence electrons. The molecule has 4 rings (SSSR count). The minimum atomic E-state index is -3.41. The third kappa shape index (κ3) is 6.02. The van der Waals surface area contributed by atoms with Gasteiger partial charge in [-0.1, -0.05) is 25.5 Å². The SMILES string of the molecule is CCCCS(=O)(=O)Nc1cccc(Nc2nccc(-c3sc(SC)c(C#N)c3-c3cccnc3)n2)c1. The normalized spacial score (nSPS) is 11.1. The van der Waals surface area contributed by atoms with Gasteiger partial charge in [0.15, 0.2) is 0 Å². The zero-order valence-electron chi connectivity index (χ0n) is 19.7. The van der Waals surface area contributed by atoms with Crippen LogP contribution >= 0.6 is 23.1 Å². The standard InChI is InChI=1S/C25H24N6O2S3/c1-3-4-13-36(32,33)31-19-9-5-8-18(14-19)29-25-28-12-10-21(30-25)23-22(17-7-6-11-27-16-17)20(15-26)24(34-2)35-23/h5-12,14,16,31H,3-4,13H2,1-2H3,(H,28,29,30). The molecule has 36 heavy (non-hydrogen) atoms. The van der Waals surface area contributed by atoms with E-state index < -0.39 is 10.0 Å². The van der Waals surface area contributed by atoms with Crippen molar-refractivity contribution in [1.29, 1.82) is 5.26 Å². The first kappa shape index (κ1) is 25.6. The van der Waals surface area contributed by atoms with Crippen molar-refractivity contribution in [1.82, 2.24) is 15.0 Å². The Kier molecular flexibility index (Phi) is 8.20. The zero-order chi connectivity index (χ0) is 25.5. The molecule has 8 nitrogen and oxygen atoms in total. The summed E-state index contributed by atoms with van der Waals surface area (Å²) >= 11 is 3.03. The van der Waals surface area contributed by atoms with Crippen LogP contribution in [0.1, 0.15) is 25.3 Å². The van der Waals surface area contributed by atoms with E-state index in [1.807, 2.05) is 31.4 Å². The Balaban J connectivity index is 1.65. The maximum absolute atomic E-state index is 12.3. The van der Waals surface area contributed by atoms with Crippen molar-refractivity contribution in [3.8, 4) is 27.8 Å². The Hall–Kier alpha value is -3.46. The molecule has 0 aliphatic carbocycles. The lowest BCUT2D eigenvalue weighted by Crippen LogP contribution is -2.16. The number of rotatable bonds is 10. The number of unbranched alkanes of at least 4 members (excludes halogenated alkanes) is 1. The fourth-order valence-corrected chi connectivity index (χ4v) is 6.69. The minimum absolute atomic E-state index is 0.0785. The van der Waals surface area contributed by atoms with Crippen molar-refractivity contribution < 1.29 is 8.42 Å². The number of thioether (sulfide) groups is 1. The largest absolute Gasteiger partial charge is 0.324 e. The molecule has 1 aromatic carbocycles. The highest BCUT2D eigenvalue weighted by molar-refractivity contribution is 8.00. The average Bonchev–Trinajstić information content (AvgIpc) is 3.27. The van der Waals surface area contributed by atoms with Gasteiger partial charge in [0.25, 0.3) is 0 Å². The van der Waals surface area contributed by atoms with Crippen LogP contribution in [0.5, 0.6) is 0 Å². The zero-order valence-corrected chi connectivity index (χ0v) is 22.2. The Labute approximate surface area is 218 Å². The number of aromatic nitrogens is 3. The number of pyridine rings is 1. The fourth-order valence-electron chi connectivity index (χ4n) is 3.52. The number of nitrogens with one attached hydrogen (secondary N) is 2. The van der Waals surface area contributed by atoms with Crippen molar-refractivity contribution in [2.45, 2.75) is 24.0 Å². The van der Waals surface area contributed by atoms with Gasteiger partial charge in [0.2, 0.25) is 16.0 Å². The predicted octanol–water partition coefficient (Wildman–Crippen LogP) is 6.15. The molecule has 2 N–H and O–H groups in total. The van der Waals surface area contributed by atoms with E-state index in [0.717, 1.165) is 26.6 Å². The topological polar surface area (TPSA) is 121 Å². The second-order valence-electron chi connectivity index (χ2n) is 7.77.